The van der Waals surface area contributed by atoms with Crippen LogP contribution in [0.15, 0.2) is 50.7 Å². The highest BCUT2D eigenvalue weighted by molar-refractivity contribution is 8.18. The van der Waals surface area contributed by atoms with E-state index < -0.39 is 0 Å². The summed E-state index contributed by atoms with van der Waals surface area (Å²) in [6.07, 6.45) is 1.71. The van der Waals surface area contributed by atoms with Crippen LogP contribution in [0.2, 0.25) is 0 Å². The number of nitrogens with zero attached hydrogens (tertiary/aromatic N) is 1. The second-order valence-electron chi connectivity index (χ2n) is 4.60. The number of methoxy groups -OCH3 is 1. The first-order valence-corrected chi connectivity index (χ1v) is 7.46. The van der Waals surface area contributed by atoms with Crippen molar-refractivity contribution in [1.29, 1.82) is 0 Å². The summed E-state index contributed by atoms with van der Waals surface area (Å²) < 4.78 is 10.7. The fourth-order valence-electron chi connectivity index (χ4n) is 1.97. The number of rotatable bonds is 3. The number of thioether (sulfide) groups is 1. The number of nitrogens with one attached hydrogen (secondary N) is 1. The summed E-state index contributed by atoms with van der Waals surface area (Å²) in [5, 5.41) is 3.26. The van der Waals surface area contributed by atoms with Crippen molar-refractivity contribution >= 4 is 34.6 Å². The largest absolute Gasteiger partial charge is 0.494 e. The Labute approximate surface area is 132 Å². The Balaban J connectivity index is 1.85. The van der Waals surface area contributed by atoms with Crippen LogP contribution < -0.4 is 10.1 Å². The molecule has 22 heavy (non-hydrogen) atoms. The number of amides is 1. The molecule has 0 aliphatic carbocycles. The fraction of sp³-hybridized carbons (Fsp3) is 0.125. The SMILES string of the molecule is COc1ccccc1N=C1NC(=O)C(=Cc2ccc(C)o2)S1. The summed E-state index contributed by atoms with van der Waals surface area (Å²) >= 11 is 1.27. The summed E-state index contributed by atoms with van der Waals surface area (Å²) in [6.45, 7) is 1.86. The standard InChI is InChI=1S/C16H14N2O3S/c1-10-7-8-11(21-10)9-14-15(19)18-16(22-14)17-12-5-3-4-6-13(12)20-2/h3-9H,1-2H3,(H,17,18,19). The van der Waals surface area contributed by atoms with E-state index in [1.54, 1.807) is 13.2 Å². The smallest absolute Gasteiger partial charge is 0.264 e. The van der Waals surface area contributed by atoms with Gasteiger partial charge in [0.25, 0.3) is 5.91 Å². The van der Waals surface area contributed by atoms with Crippen molar-refractivity contribution < 1.29 is 13.9 Å². The van der Waals surface area contributed by atoms with Crippen LogP contribution in [-0.2, 0) is 4.79 Å². The molecule has 1 aromatic carbocycles. The number of para-hydroxylation sites is 2. The van der Waals surface area contributed by atoms with Crippen LogP contribution in [0.25, 0.3) is 6.08 Å². The molecule has 0 spiro atoms. The first kappa shape index (κ1) is 14.5. The minimum absolute atomic E-state index is 0.187. The minimum atomic E-state index is -0.187. The number of carbonyl (C=O) groups excluding carboxylic acids is 1. The Morgan fingerprint density at radius 1 is 1.27 bits per heavy atom. The number of benzene rings is 1. The van der Waals surface area contributed by atoms with E-state index in [0.717, 1.165) is 5.76 Å². The van der Waals surface area contributed by atoms with E-state index in [9.17, 15) is 4.79 Å². The quantitative estimate of drug-likeness (QED) is 0.881. The second kappa shape index (κ2) is 6.11. The van der Waals surface area contributed by atoms with Crippen LogP contribution in [0.5, 0.6) is 5.75 Å². The minimum Gasteiger partial charge on any atom is -0.494 e. The lowest BCUT2D eigenvalue weighted by molar-refractivity contribution is -0.115. The van der Waals surface area contributed by atoms with Gasteiger partial charge in [-0.25, -0.2) is 4.99 Å². The van der Waals surface area contributed by atoms with Crippen LogP contribution >= 0.6 is 11.8 Å². The van der Waals surface area contributed by atoms with Crippen molar-refractivity contribution in [3.63, 3.8) is 0 Å². The van der Waals surface area contributed by atoms with Gasteiger partial charge in [-0.2, -0.15) is 0 Å². The number of amidine groups is 1. The van der Waals surface area contributed by atoms with Gasteiger partial charge in [-0.05, 0) is 43.0 Å². The van der Waals surface area contributed by atoms with E-state index in [2.05, 4.69) is 10.3 Å². The van der Waals surface area contributed by atoms with Crippen molar-refractivity contribution in [1.82, 2.24) is 5.32 Å². The van der Waals surface area contributed by atoms with E-state index in [1.165, 1.54) is 11.8 Å². The number of hydrogen-bond acceptors (Lipinski definition) is 5. The molecule has 0 bridgehead atoms. The van der Waals surface area contributed by atoms with E-state index >= 15 is 0 Å². The molecule has 2 heterocycles. The zero-order valence-corrected chi connectivity index (χ0v) is 12.9. The average molecular weight is 314 g/mol. The molecule has 1 aliphatic rings. The number of carbonyl (C=O) groups is 1. The maximum atomic E-state index is 12.0. The first-order valence-electron chi connectivity index (χ1n) is 6.65. The molecular formula is C16H14N2O3S. The van der Waals surface area contributed by atoms with Crippen LogP contribution in [-0.4, -0.2) is 18.2 Å². The molecule has 0 atom stereocenters. The molecule has 0 unspecified atom stereocenters. The summed E-state index contributed by atoms with van der Waals surface area (Å²) in [6, 6.07) is 11.1. The predicted octanol–water partition coefficient (Wildman–Crippen LogP) is 3.49. The monoisotopic (exact) mass is 314 g/mol. The fourth-order valence-corrected chi connectivity index (χ4v) is 2.79. The van der Waals surface area contributed by atoms with E-state index in [0.29, 0.717) is 27.3 Å². The van der Waals surface area contributed by atoms with E-state index in [1.807, 2.05) is 43.3 Å². The Morgan fingerprint density at radius 3 is 2.82 bits per heavy atom. The summed E-state index contributed by atoms with van der Waals surface area (Å²) in [7, 11) is 1.59. The molecule has 0 saturated carbocycles. The summed E-state index contributed by atoms with van der Waals surface area (Å²) in [5.74, 6) is 1.92. The van der Waals surface area contributed by atoms with Crippen molar-refractivity contribution in [3.8, 4) is 5.75 Å². The van der Waals surface area contributed by atoms with Gasteiger partial charge in [0, 0.05) is 6.08 Å². The lowest BCUT2D eigenvalue weighted by Crippen LogP contribution is -2.19. The summed E-state index contributed by atoms with van der Waals surface area (Å²) in [4.78, 5) is 17.0. The van der Waals surface area contributed by atoms with Gasteiger partial charge in [0.15, 0.2) is 5.17 Å². The van der Waals surface area contributed by atoms with Crippen molar-refractivity contribution in [2.24, 2.45) is 4.99 Å². The van der Waals surface area contributed by atoms with Gasteiger partial charge in [-0.3, -0.25) is 4.79 Å². The number of hydrogen-bond donors (Lipinski definition) is 1. The Morgan fingerprint density at radius 2 is 2.09 bits per heavy atom. The third-order valence-corrected chi connectivity index (χ3v) is 3.90. The highest BCUT2D eigenvalue weighted by Gasteiger charge is 2.24. The lowest BCUT2D eigenvalue weighted by atomic mass is 10.3. The maximum absolute atomic E-state index is 12.0. The topological polar surface area (TPSA) is 63.8 Å². The van der Waals surface area contributed by atoms with Gasteiger partial charge in [0.05, 0.1) is 12.0 Å². The van der Waals surface area contributed by atoms with Crippen LogP contribution in [0.3, 0.4) is 0 Å². The Kier molecular flexibility index (Phi) is 4.02. The Hall–Kier alpha value is -2.47. The van der Waals surface area contributed by atoms with Crippen LogP contribution in [0.1, 0.15) is 11.5 Å². The average Bonchev–Trinajstić information content (AvgIpc) is 3.06. The molecule has 1 saturated heterocycles. The molecule has 1 aliphatic heterocycles. The van der Waals surface area contributed by atoms with Crippen LogP contribution in [0, 0.1) is 6.92 Å². The van der Waals surface area contributed by atoms with Crippen molar-refractivity contribution in [3.05, 3.63) is 52.8 Å². The molecule has 2 aromatic rings. The van der Waals surface area contributed by atoms with Gasteiger partial charge in [-0.15, -0.1) is 0 Å². The van der Waals surface area contributed by atoms with E-state index in [-0.39, 0.29) is 5.91 Å². The molecule has 5 nitrogen and oxygen atoms in total. The molecule has 112 valence electrons. The van der Waals surface area contributed by atoms with Crippen molar-refractivity contribution in [2.45, 2.75) is 6.92 Å². The highest BCUT2D eigenvalue weighted by Crippen LogP contribution is 2.32. The maximum Gasteiger partial charge on any atom is 0.264 e. The zero-order chi connectivity index (χ0) is 15.5. The third kappa shape index (κ3) is 3.07. The number of aliphatic imine (C=N–C) groups is 1. The predicted molar refractivity (Wildman–Crippen MR) is 87.2 cm³/mol. The highest BCUT2D eigenvalue weighted by atomic mass is 32.2. The molecule has 1 N–H and O–H groups in total. The number of ether oxygens (including phenoxy) is 1. The molecule has 0 radical (unpaired) electrons. The zero-order valence-electron chi connectivity index (χ0n) is 12.1. The second-order valence-corrected chi connectivity index (χ2v) is 5.63. The van der Waals surface area contributed by atoms with Gasteiger partial charge >= 0.3 is 0 Å². The van der Waals surface area contributed by atoms with Gasteiger partial charge < -0.3 is 14.5 Å². The van der Waals surface area contributed by atoms with Gasteiger partial charge in [-0.1, -0.05) is 12.1 Å². The van der Waals surface area contributed by atoms with Crippen molar-refractivity contribution in [2.75, 3.05) is 7.11 Å². The molecular weight excluding hydrogens is 300 g/mol. The molecule has 1 amide bonds. The first-order chi connectivity index (χ1) is 10.7. The third-order valence-electron chi connectivity index (χ3n) is 2.99. The van der Waals surface area contributed by atoms with E-state index in [4.69, 9.17) is 9.15 Å². The molecule has 6 heteroatoms. The summed E-state index contributed by atoms with van der Waals surface area (Å²) in [5.41, 5.74) is 0.669. The number of aryl methyl sites for hydroxylation is 1. The molecule has 3 rings (SSSR count). The lowest BCUT2D eigenvalue weighted by Gasteiger charge is -2.03. The van der Waals surface area contributed by atoms with Crippen LogP contribution in [0.4, 0.5) is 5.69 Å². The molecule has 1 fully saturated rings. The van der Waals surface area contributed by atoms with Gasteiger partial charge in [0.2, 0.25) is 0 Å². The Bertz CT molecular complexity index is 777. The number of furan rings is 1. The van der Waals surface area contributed by atoms with Gasteiger partial charge in [0.1, 0.15) is 23.0 Å². The molecule has 1 aromatic heterocycles. The normalized spacial score (nSPS) is 18.0.